The van der Waals surface area contributed by atoms with Crippen molar-refractivity contribution in [1.82, 2.24) is 14.8 Å². The Morgan fingerprint density at radius 1 is 1.12 bits per heavy atom. The summed E-state index contributed by atoms with van der Waals surface area (Å²) in [6.45, 7) is 3.24. The van der Waals surface area contributed by atoms with Crippen LogP contribution in [-0.2, 0) is 22.6 Å². The van der Waals surface area contributed by atoms with Gasteiger partial charge in [-0.15, -0.1) is 10.2 Å². The van der Waals surface area contributed by atoms with Crippen LogP contribution in [0.15, 0.2) is 53.7 Å². The van der Waals surface area contributed by atoms with E-state index in [0.717, 1.165) is 25.1 Å². The van der Waals surface area contributed by atoms with Crippen molar-refractivity contribution in [2.24, 2.45) is 0 Å². The third-order valence-corrected chi connectivity index (χ3v) is 6.37. The number of hydrogen-bond acceptors (Lipinski definition) is 7. The molecule has 178 valence electrons. The number of rotatable bonds is 10. The van der Waals surface area contributed by atoms with Crippen LogP contribution in [0.1, 0.15) is 35.9 Å². The second-order valence-electron chi connectivity index (χ2n) is 7.98. The monoisotopic (exact) mass is 483 g/mol. The predicted molar refractivity (Wildman–Crippen MR) is 129 cm³/mol. The fraction of sp³-hybridized carbons (Fsp3) is 0.333. The summed E-state index contributed by atoms with van der Waals surface area (Å²) < 4.78 is 20.9. The molecule has 4 rings (SSSR count). The summed E-state index contributed by atoms with van der Waals surface area (Å²) in [4.78, 5) is 23.9. The Kier molecular flexibility index (Phi) is 7.91. The number of amides is 1. The van der Waals surface area contributed by atoms with Crippen LogP contribution in [-0.4, -0.2) is 44.9 Å². The Labute approximate surface area is 201 Å². The largest absolute Gasteiger partial charge is 0.378 e. The highest BCUT2D eigenvalue weighted by molar-refractivity contribution is 7.99. The maximum absolute atomic E-state index is 13.2. The maximum atomic E-state index is 13.2. The van der Waals surface area contributed by atoms with Crippen LogP contribution in [0, 0.1) is 5.82 Å². The highest BCUT2D eigenvalue weighted by Crippen LogP contribution is 2.22. The quantitative estimate of drug-likeness (QED) is 0.330. The molecule has 1 amide bonds. The molecule has 1 fully saturated rings. The van der Waals surface area contributed by atoms with Crippen LogP contribution < -0.4 is 10.6 Å². The Morgan fingerprint density at radius 2 is 1.85 bits per heavy atom. The standard InChI is InChI=1S/C24H26FN5O3S/c1-16(31)17-4-8-20(9-5-17)27-23(32)15-34-24-29-28-22(30(24)14-21-3-2-12-33-21)13-26-19-10-6-18(25)7-11-19/h4-11,21,26H,2-3,12-15H2,1H3,(H,27,32). The van der Waals surface area contributed by atoms with Crippen LogP contribution in [0.3, 0.4) is 0 Å². The van der Waals surface area contributed by atoms with Gasteiger partial charge in [-0.1, -0.05) is 11.8 Å². The number of carbonyl (C=O) groups excluding carboxylic acids is 2. The molecule has 2 N–H and O–H groups in total. The SMILES string of the molecule is CC(=O)c1ccc(NC(=O)CSc2nnc(CNc3ccc(F)cc3)n2CC2CCCO2)cc1. The second kappa shape index (κ2) is 11.3. The Hall–Kier alpha value is -3.24. The third-order valence-electron chi connectivity index (χ3n) is 5.41. The smallest absolute Gasteiger partial charge is 0.234 e. The van der Waals surface area contributed by atoms with Crippen molar-refractivity contribution < 1.29 is 18.7 Å². The molecule has 2 aromatic carbocycles. The molecule has 8 nitrogen and oxygen atoms in total. The lowest BCUT2D eigenvalue weighted by atomic mass is 10.1. The molecule has 0 bridgehead atoms. The van der Waals surface area contributed by atoms with Crippen LogP contribution >= 0.6 is 11.8 Å². The van der Waals surface area contributed by atoms with E-state index in [-0.39, 0.29) is 29.4 Å². The number of anilines is 2. The molecule has 1 unspecified atom stereocenters. The van der Waals surface area contributed by atoms with Crippen LogP contribution in [0.4, 0.5) is 15.8 Å². The first-order valence-electron chi connectivity index (χ1n) is 11.0. The molecule has 2 heterocycles. The average molecular weight is 484 g/mol. The summed E-state index contributed by atoms with van der Waals surface area (Å²) >= 11 is 1.30. The number of hydrogen-bond donors (Lipinski definition) is 2. The van der Waals surface area contributed by atoms with Gasteiger partial charge in [0.1, 0.15) is 5.82 Å². The lowest BCUT2D eigenvalue weighted by molar-refractivity contribution is -0.113. The van der Waals surface area contributed by atoms with E-state index in [1.54, 1.807) is 36.4 Å². The van der Waals surface area contributed by atoms with E-state index in [0.29, 0.717) is 35.3 Å². The number of Topliss-reactive ketones (excluding diaryl/α,β-unsaturated/α-hetero) is 1. The molecule has 34 heavy (non-hydrogen) atoms. The van der Waals surface area contributed by atoms with Crippen LogP contribution in [0.2, 0.25) is 0 Å². The minimum Gasteiger partial charge on any atom is -0.378 e. The number of thioether (sulfide) groups is 1. The number of aromatic nitrogens is 3. The number of ketones is 1. The molecular weight excluding hydrogens is 457 g/mol. The first-order valence-corrected chi connectivity index (χ1v) is 12.0. The van der Waals surface area contributed by atoms with Gasteiger partial charge in [-0.05, 0) is 68.3 Å². The van der Waals surface area contributed by atoms with Gasteiger partial charge in [-0.3, -0.25) is 9.59 Å². The maximum Gasteiger partial charge on any atom is 0.234 e. The van der Waals surface area contributed by atoms with E-state index in [1.165, 1.54) is 30.8 Å². The van der Waals surface area contributed by atoms with E-state index < -0.39 is 0 Å². The summed E-state index contributed by atoms with van der Waals surface area (Å²) in [7, 11) is 0. The minimum absolute atomic E-state index is 0.0243. The van der Waals surface area contributed by atoms with E-state index in [4.69, 9.17) is 4.74 Å². The summed E-state index contributed by atoms with van der Waals surface area (Å²) in [5.41, 5.74) is 1.99. The van der Waals surface area contributed by atoms with Gasteiger partial charge in [0.2, 0.25) is 5.91 Å². The summed E-state index contributed by atoms with van der Waals surface area (Å²) in [5, 5.41) is 15.3. The number of benzene rings is 2. The second-order valence-corrected chi connectivity index (χ2v) is 8.92. The summed E-state index contributed by atoms with van der Waals surface area (Å²) in [6, 6.07) is 12.9. The van der Waals surface area contributed by atoms with Crippen LogP contribution in [0.25, 0.3) is 0 Å². The van der Waals surface area contributed by atoms with Crippen molar-refractivity contribution in [2.45, 2.75) is 44.1 Å². The molecule has 1 saturated heterocycles. The first-order chi connectivity index (χ1) is 16.5. The van der Waals surface area contributed by atoms with Crippen molar-refractivity contribution in [3.63, 3.8) is 0 Å². The van der Waals surface area contributed by atoms with E-state index in [9.17, 15) is 14.0 Å². The fourth-order valence-corrected chi connectivity index (χ4v) is 4.36. The van der Waals surface area contributed by atoms with Gasteiger partial charge in [0.25, 0.3) is 0 Å². The number of nitrogens with zero attached hydrogens (tertiary/aromatic N) is 3. The van der Waals surface area contributed by atoms with E-state index in [1.807, 2.05) is 4.57 Å². The molecule has 0 aliphatic carbocycles. The predicted octanol–water partition coefficient (Wildman–Crippen LogP) is 4.14. The topological polar surface area (TPSA) is 98.1 Å². The van der Waals surface area contributed by atoms with Gasteiger partial charge in [0.15, 0.2) is 16.8 Å². The van der Waals surface area contributed by atoms with Gasteiger partial charge in [0.05, 0.1) is 24.9 Å². The molecule has 1 atom stereocenters. The van der Waals surface area contributed by atoms with Crippen LogP contribution in [0.5, 0.6) is 0 Å². The number of nitrogens with one attached hydrogen (secondary N) is 2. The third kappa shape index (κ3) is 6.42. The molecule has 3 aromatic rings. The average Bonchev–Trinajstić information content (AvgIpc) is 3.48. The van der Waals surface area contributed by atoms with E-state index >= 15 is 0 Å². The molecule has 0 spiro atoms. The summed E-state index contributed by atoms with van der Waals surface area (Å²) in [5.74, 6) is 0.368. The van der Waals surface area contributed by atoms with Gasteiger partial charge >= 0.3 is 0 Å². The number of carbonyl (C=O) groups is 2. The molecule has 0 radical (unpaired) electrons. The lowest BCUT2D eigenvalue weighted by Gasteiger charge is -2.15. The summed E-state index contributed by atoms with van der Waals surface area (Å²) in [6.07, 6.45) is 2.06. The zero-order valence-electron chi connectivity index (χ0n) is 18.8. The fourth-order valence-electron chi connectivity index (χ4n) is 3.60. The van der Waals surface area contributed by atoms with Crippen molar-refractivity contribution >= 4 is 34.8 Å². The lowest BCUT2D eigenvalue weighted by Crippen LogP contribution is -2.20. The zero-order chi connectivity index (χ0) is 23.9. The zero-order valence-corrected chi connectivity index (χ0v) is 19.6. The Bertz CT molecular complexity index is 1130. The number of ether oxygens (including phenoxy) is 1. The highest BCUT2D eigenvalue weighted by atomic mass is 32.2. The number of halogens is 1. The molecule has 1 aromatic heterocycles. The van der Waals surface area contributed by atoms with Crippen molar-refractivity contribution in [2.75, 3.05) is 23.0 Å². The molecule has 1 aliphatic rings. The van der Waals surface area contributed by atoms with Gasteiger partial charge in [-0.2, -0.15) is 0 Å². The van der Waals surface area contributed by atoms with Gasteiger partial charge in [0, 0.05) is 23.5 Å². The van der Waals surface area contributed by atoms with Crippen molar-refractivity contribution in [3.8, 4) is 0 Å². The normalized spacial score (nSPS) is 15.3. The molecule has 1 aliphatic heterocycles. The Balaban J connectivity index is 1.39. The molecule has 10 heteroatoms. The highest BCUT2D eigenvalue weighted by Gasteiger charge is 2.21. The van der Waals surface area contributed by atoms with Gasteiger partial charge < -0.3 is 19.9 Å². The Morgan fingerprint density at radius 3 is 2.53 bits per heavy atom. The molecular formula is C24H26FN5O3S. The van der Waals surface area contributed by atoms with Crippen molar-refractivity contribution in [3.05, 3.63) is 65.7 Å². The van der Waals surface area contributed by atoms with E-state index in [2.05, 4.69) is 20.8 Å². The van der Waals surface area contributed by atoms with Gasteiger partial charge in [-0.25, -0.2) is 4.39 Å². The van der Waals surface area contributed by atoms with Crippen molar-refractivity contribution in [1.29, 1.82) is 0 Å². The minimum atomic E-state index is -0.293. The first kappa shape index (κ1) is 23.9. The molecule has 0 saturated carbocycles.